The van der Waals surface area contributed by atoms with Gasteiger partial charge in [-0.1, -0.05) is 19.0 Å². The normalized spacial score (nSPS) is 11.9. The van der Waals surface area contributed by atoms with E-state index >= 15 is 0 Å². The Labute approximate surface area is 149 Å². The number of sulfonamides is 1. The zero-order valence-electron chi connectivity index (χ0n) is 15.3. The maximum absolute atomic E-state index is 12.2. The summed E-state index contributed by atoms with van der Waals surface area (Å²) in [5.41, 5.74) is 0.256. The molecule has 1 heterocycles. The van der Waals surface area contributed by atoms with Crippen LogP contribution in [0.4, 0.5) is 0 Å². The van der Waals surface area contributed by atoms with E-state index in [9.17, 15) is 13.2 Å². The van der Waals surface area contributed by atoms with E-state index in [1.165, 1.54) is 13.8 Å². The van der Waals surface area contributed by atoms with Gasteiger partial charge in [0, 0.05) is 13.1 Å². The molecule has 1 aromatic heterocycles. The predicted molar refractivity (Wildman–Crippen MR) is 92.8 cm³/mol. The number of carbonyl (C=O) groups is 1. The Morgan fingerprint density at radius 3 is 2.48 bits per heavy atom. The molecule has 1 aromatic rings. The van der Waals surface area contributed by atoms with E-state index in [2.05, 4.69) is 33.9 Å². The Morgan fingerprint density at radius 2 is 1.92 bits per heavy atom. The van der Waals surface area contributed by atoms with Crippen molar-refractivity contribution >= 4 is 15.9 Å². The molecule has 144 valence electrons. The number of aryl methyl sites for hydroxylation is 2. The molecule has 2 N–H and O–H groups in total. The zero-order chi connectivity index (χ0) is 18.9. The Bertz CT molecular complexity index is 621. The first kappa shape index (κ1) is 21.6. The largest absolute Gasteiger partial charge is 0.378 e. The Kier molecular flexibility index (Phi) is 9.04. The van der Waals surface area contributed by atoms with Crippen molar-refractivity contribution < 1.29 is 22.5 Å². The number of nitrogens with zero attached hydrogens (tertiary/aromatic N) is 2. The third kappa shape index (κ3) is 7.10. The summed E-state index contributed by atoms with van der Waals surface area (Å²) in [5, 5.41) is 6.20. The minimum Gasteiger partial charge on any atom is -0.378 e. The van der Waals surface area contributed by atoms with Crippen LogP contribution in [0.25, 0.3) is 0 Å². The van der Waals surface area contributed by atoms with Gasteiger partial charge in [0.2, 0.25) is 15.9 Å². The average Bonchev–Trinajstić information content (AvgIpc) is 2.92. The number of carbonyl (C=O) groups excluding carboxylic acids is 1. The van der Waals surface area contributed by atoms with Crippen molar-refractivity contribution in [3.8, 4) is 0 Å². The number of aromatic nitrogens is 1. The molecule has 0 fully saturated rings. The lowest BCUT2D eigenvalue weighted by Crippen LogP contribution is -2.38. The highest BCUT2D eigenvalue weighted by Gasteiger charge is 2.24. The van der Waals surface area contributed by atoms with E-state index in [0.717, 1.165) is 19.6 Å². The molecule has 0 radical (unpaired) electrons. The number of hydrogen-bond acceptors (Lipinski definition) is 7. The van der Waals surface area contributed by atoms with Gasteiger partial charge in [0.05, 0.1) is 19.8 Å². The predicted octanol–water partition coefficient (Wildman–Crippen LogP) is 0.0443. The van der Waals surface area contributed by atoms with Crippen molar-refractivity contribution in [3.63, 3.8) is 0 Å². The number of hydrogen-bond donors (Lipinski definition) is 2. The summed E-state index contributed by atoms with van der Waals surface area (Å²) in [4.78, 5) is 13.9. The van der Waals surface area contributed by atoms with Crippen LogP contribution in [0.3, 0.4) is 0 Å². The zero-order valence-corrected chi connectivity index (χ0v) is 16.1. The fraction of sp³-hybridized carbons (Fsp3) is 0.733. The van der Waals surface area contributed by atoms with Crippen LogP contribution in [-0.4, -0.2) is 70.3 Å². The van der Waals surface area contributed by atoms with Crippen molar-refractivity contribution in [3.05, 3.63) is 11.5 Å². The molecule has 0 unspecified atom stereocenters. The van der Waals surface area contributed by atoms with Gasteiger partial charge in [-0.2, -0.15) is 0 Å². The van der Waals surface area contributed by atoms with E-state index < -0.39 is 15.9 Å². The van der Waals surface area contributed by atoms with Crippen LogP contribution in [0.15, 0.2) is 9.42 Å². The van der Waals surface area contributed by atoms with Crippen LogP contribution < -0.4 is 10.0 Å². The maximum Gasteiger partial charge on any atom is 0.246 e. The van der Waals surface area contributed by atoms with Gasteiger partial charge in [-0.25, -0.2) is 13.1 Å². The maximum atomic E-state index is 12.2. The molecule has 10 heteroatoms. The molecule has 0 saturated carbocycles. The third-order valence-electron chi connectivity index (χ3n) is 3.67. The van der Waals surface area contributed by atoms with Crippen LogP contribution >= 0.6 is 0 Å². The topological polar surface area (TPSA) is 114 Å². The summed E-state index contributed by atoms with van der Waals surface area (Å²) in [5.74, 6) is -0.241. The lowest BCUT2D eigenvalue weighted by atomic mass is 10.4. The molecule has 0 aliphatic carbocycles. The summed E-state index contributed by atoms with van der Waals surface area (Å²) >= 11 is 0. The molecule has 0 saturated heterocycles. The molecule has 0 aliphatic heterocycles. The van der Waals surface area contributed by atoms with Gasteiger partial charge in [0.15, 0.2) is 5.76 Å². The average molecular weight is 376 g/mol. The fourth-order valence-corrected chi connectivity index (χ4v) is 3.56. The summed E-state index contributed by atoms with van der Waals surface area (Å²) < 4.78 is 36.8. The Hall–Kier alpha value is -1.49. The smallest absolute Gasteiger partial charge is 0.246 e. The summed E-state index contributed by atoms with van der Waals surface area (Å²) in [6, 6.07) is 0. The SMILES string of the molecule is CCN(CC)CCOCCNC(=O)CNS(=O)(=O)c1c(C)noc1C. The minimum atomic E-state index is -3.83. The molecule has 1 rings (SSSR count). The van der Waals surface area contributed by atoms with Gasteiger partial charge in [-0.05, 0) is 26.9 Å². The molecule has 0 aliphatic rings. The molecule has 9 nitrogen and oxygen atoms in total. The second kappa shape index (κ2) is 10.5. The number of rotatable bonds is 12. The first-order valence-electron chi connectivity index (χ1n) is 8.31. The van der Waals surface area contributed by atoms with Gasteiger partial charge in [0.1, 0.15) is 10.6 Å². The van der Waals surface area contributed by atoms with E-state index in [0.29, 0.717) is 19.8 Å². The van der Waals surface area contributed by atoms with Gasteiger partial charge >= 0.3 is 0 Å². The van der Waals surface area contributed by atoms with Gasteiger partial charge in [0.25, 0.3) is 0 Å². The first-order chi connectivity index (χ1) is 11.8. The van der Waals surface area contributed by atoms with Crippen LogP contribution in [-0.2, 0) is 19.6 Å². The highest BCUT2D eigenvalue weighted by Crippen LogP contribution is 2.18. The number of ether oxygens (including phenoxy) is 1. The third-order valence-corrected chi connectivity index (χ3v) is 5.32. The van der Waals surface area contributed by atoms with Crippen molar-refractivity contribution in [1.82, 2.24) is 20.1 Å². The lowest BCUT2D eigenvalue weighted by Gasteiger charge is -2.17. The van der Waals surface area contributed by atoms with Gasteiger partial charge in [-0.15, -0.1) is 0 Å². The van der Waals surface area contributed by atoms with Crippen LogP contribution in [0.1, 0.15) is 25.3 Å². The second-order valence-electron chi connectivity index (χ2n) is 5.47. The van der Waals surface area contributed by atoms with Crippen molar-refractivity contribution in [2.45, 2.75) is 32.6 Å². The summed E-state index contributed by atoms with van der Waals surface area (Å²) in [6.07, 6.45) is 0. The van der Waals surface area contributed by atoms with Gasteiger partial charge in [-0.3, -0.25) is 4.79 Å². The molecular weight excluding hydrogens is 348 g/mol. The monoisotopic (exact) mass is 376 g/mol. The van der Waals surface area contributed by atoms with E-state index in [4.69, 9.17) is 9.26 Å². The summed E-state index contributed by atoms with van der Waals surface area (Å²) in [6.45, 7) is 10.9. The molecule has 0 atom stereocenters. The van der Waals surface area contributed by atoms with E-state index in [1.807, 2.05) is 0 Å². The van der Waals surface area contributed by atoms with Crippen molar-refractivity contribution in [1.29, 1.82) is 0 Å². The van der Waals surface area contributed by atoms with Crippen molar-refractivity contribution in [2.75, 3.05) is 45.9 Å². The van der Waals surface area contributed by atoms with Crippen LogP contribution in [0.2, 0.25) is 0 Å². The van der Waals surface area contributed by atoms with Crippen LogP contribution in [0.5, 0.6) is 0 Å². The lowest BCUT2D eigenvalue weighted by molar-refractivity contribution is -0.120. The molecule has 0 spiro atoms. The van der Waals surface area contributed by atoms with Crippen molar-refractivity contribution in [2.24, 2.45) is 0 Å². The first-order valence-corrected chi connectivity index (χ1v) is 9.79. The molecule has 0 aromatic carbocycles. The number of nitrogens with one attached hydrogen (secondary N) is 2. The molecule has 25 heavy (non-hydrogen) atoms. The van der Waals surface area contributed by atoms with E-state index in [1.54, 1.807) is 0 Å². The number of amides is 1. The van der Waals surface area contributed by atoms with Gasteiger partial charge < -0.3 is 19.5 Å². The Balaban J connectivity index is 2.25. The Morgan fingerprint density at radius 1 is 1.24 bits per heavy atom. The molecule has 0 bridgehead atoms. The standard InChI is InChI=1S/C15H28N4O5S/c1-5-19(6-2)8-10-23-9-7-16-14(20)11-17-25(21,22)15-12(3)18-24-13(15)4/h17H,5-11H2,1-4H3,(H,16,20). The minimum absolute atomic E-state index is 0.0277. The quantitative estimate of drug-likeness (QED) is 0.495. The second-order valence-corrected chi connectivity index (χ2v) is 7.17. The molecule has 1 amide bonds. The highest BCUT2D eigenvalue weighted by atomic mass is 32.2. The summed E-state index contributed by atoms with van der Waals surface area (Å²) in [7, 11) is -3.83. The molecular formula is C15H28N4O5S. The highest BCUT2D eigenvalue weighted by molar-refractivity contribution is 7.89. The van der Waals surface area contributed by atoms with Crippen LogP contribution in [0, 0.1) is 13.8 Å². The van der Waals surface area contributed by atoms with E-state index in [-0.39, 0.29) is 22.9 Å². The number of likely N-dealkylation sites (N-methyl/N-ethyl adjacent to an activating group) is 1. The fourth-order valence-electron chi connectivity index (χ4n) is 2.25.